The number of carbonyl (C=O) groups excluding carboxylic acids is 1. The SMILES string of the molecule is Cc1cc(C(F)(F)F)n2nc([C@H]3CCCN3[C@@H](C)CC(=O)Nc3ccccc3)cc2n1. The summed E-state index contributed by atoms with van der Waals surface area (Å²) in [5, 5.41) is 7.16. The van der Waals surface area contributed by atoms with Gasteiger partial charge in [0.1, 0.15) is 5.69 Å². The van der Waals surface area contributed by atoms with E-state index in [-0.39, 0.29) is 30.1 Å². The molecule has 0 bridgehead atoms. The Bertz CT molecular complexity index is 1080. The third-order valence-electron chi connectivity index (χ3n) is 5.60. The molecule has 1 aromatic carbocycles. The van der Waals surface area contributed by atoms with Crippen molar-refractivity contribution in [3.63, 3.8) is 0 Å². The van der Waals surface area contributed by atoms with Crippen LogP contribution in [-0.4, -0.2) is 38.0 Å². The van der Waals surface area contributed by atoms with E-state index in [1.54, 1.807) is 6.07 Å². The van der Waals surface area contributed by atoms with Gasteiger partial charge in [0.15, 0.2) is 5.65 Å². The number of hydrogen-bond donors (Lipinski definition) is 1. The van der Waals surface area contributed by atoms with E-state index in [0.717, 1.165) is 35.7 Å². The minimum Gasteiger partial charge on any atom is -0.326 e. The summed E-state index contributed by atoms with van der Waals surface area (Å²) in [7, 11) is 0. The number of halogens is 3. The van der Waals surface area contributed by atoms with Crippen molar-refractivity contribution < 1.29 is 18.0 Å². The average molecular weight is 431 g/mol. The Hall–Kier alpha value is -2.94. The number of alkyl halides is 3. The van der Waals surface area contributed by atoms with E-state index < -0.39 is 11.9 Å². The number of aromatic nitrogens is 3. The first-order chi connectivity index (χ1) is 14.7. The summed E-state index contributed by atoms with van der Waals surface area (Å²) in [6, 6.07) is 11.6. The second kappa shape index (κ2) is 8.30. The summed E-state index contributed by atoms with van der Waals surface area (Å²) in [6.45, 7) is 4.26. The number of benzene rings is 1. The van der Waals surface area contributed by atoms with Gasteiger partial charge < -0.3 is 5.32 Å². The van der Waals surface area contributed by atoms with Crippen LogP contribution in [0.15, 0.2) is 42.5 Å². The molecule has 1 N–H and O–H groups in total. The molecule has 1 aliphatic rings. The molecule has 1 fully saturated rings. The highest BCUT2D eigenvalue weighted by Crippen LogP contribution is 2.35. The van der Waals surface area contributed by atoms with Gasteiger partial charge in [-0.1, -0.05) is 18.2 Å². The Morgan fingerprint density at radius 2 is 2.00 bits per heavy atom. The molecule has 0 saturated carbocycles. The Morgan fingerprint density at radius 3 is 2.71 bits per heavy atom. The van der Waals surface area contributed by atoms with Crippen LogP contribution in [-0.2, 0) is 11.0 Å². The summed E-state index contributed by atoms with van der Waals surface area (Å²) in [4.78, 5) is 18.8. The Morgan fingerprint density at radius 1 is 1.26 bits per heavy atom. The molecular formula is C22H24F3N5O. The summed E-state index contributed by atoms with van der Waals surface area (Å²) in [6.07, 6.45) is -2.58. The topological polar surface area (TPSA) is 62.5 Å². The highest BCUT2D eigenvalue weighted by molar-refractivity contribution is 5.91. The van der Waals surface area contributed by atoms with Gasteiger partial charge in [0, 0.05) is 29.9 Å². The van der Waals surface area contributed by atoms with E-state index in [4.69, 9.17) is 0 Å². The zero-order valence-corrected chi connectivity index (χ0v) is 17.4. The van der Waals surface area contributed by atoms with Crippen molar-refractivity contribution in [3.05, 3.63) is 59.5 Å². The lowest BCUT2D eigenvalue weighted by Crippen LogP contribution is -2.35. The molecule has 2 atom stereocenters. The van der Waals surface area contributed by atoms with Crippen LogP contribution in [0.3, 0.4) is 0 Å². The zero-order valence-electron chi connectivity index (χ0n) is 17.4. The van der Waals surface area contributed by atoms with Crippen LogP contribution in [0.25, 0.3) is 5.65 Å². The number of para-hydroxylation sites is 1. The van der Waals surface area contributed by atoms with E-state index in [2.05, 4.69) is 20.3 Å². The number of anilines is 1. The highest BCUT2D eigenvalue weighted by Gasteiger charge is 2.37. The molecule has 0 radical (unpaired) electrons. The number of nitrogens with zero attached hydrogens (tertiary/aromatic N) is 4. The fourth-order valence-corrected chi connectivity index (χ4v) is 4.24. The van der Waals surface area contributed by atoms with Crippen molar-refractivity contribution in [3.8, 4) is 0 Å². The maximum absolute atomic E-state index is 13.5. The van der Waals surface area contributed by atoms with Gasteiger partial charge in [-0.25, -0.2) is 9.50 Å². The van der Waals surface area contributed by atoms with Crippen molar-refractivity contribution in [1.82, 2.24) is 19.5 Å². The molecule has 9 heteroatoms. The van der Waals surface area contributed by atoms with Crippen molar-refractivity contribution in [1.29, 1.82) is 0 Å². The normalized spacial score (nSPS) is 18.4. The fourth-order valence-electron chi connectivity index (χ4n) is 4.24. The van der Waals surface area contributed by atoms with Gasteiger partial charge in [0.2, 0.25) is 5.91 Å². The van der Waals surface area contributed by atoms with Gasteiger partial charge in [-0.15, -0.1) is 0 Å². The number of aryl methyl sites for hydroxylation is 1. The summed E-state index contributed by atoms with van der Waals surface area (Å²) in [5.74, 6) is -0.101. The molecule has 3 aromatic rings. The van der Waals surface area contributed by atoms with Crippen molar-refractivity contribution in [2.75, 3.05) is 11.9 Å². The van der Waals surface area contributed by atoms with Gasteiger partial charge in [-0.05, 0) is 51.4 Å². The maximum atomic E-state index is 13.5. The number of amides is 1. The first-order valence-electron chi connectivity index (χ1n) is 10.3. The smallest absolute Gasteiger partial charge is 0.326 e. The molecule has 2 aromatic heterocycles. The summed E-state index contributed by atoms with van der Waals surface area (Å²) < 4.78 is 41.3. The first kappa shape index (κ1) is 21.3. The molecule has 4 rings (SSSR count). The molecular weight excluding hydrogens is 407 g/mol. The monoisotopic (exact) mass is 431 g/mol. The van der Waals surface area contributed by atoms with Crippen LogP contribution < -0.4 is 5.32 Å². The average Bonchev–Trinajstić information content (AvgIpc) is 3.33. The van der Waals surface area contributed by atoms with Crippen LogP contribution in [0.1, 0.15) is 49.3 Å². The Labute approximate surface area is 178 Å². The summed E-state index contributed by atoms with van der Waals surface area (Å²) >= 11 is 0. The molecule has 3 heterocycles. The van der Waals surface area contributed by atoms with E-state index in [9.17, 15) is 18.0 Å². The molecule has 6 nitrogen and oxygen atoms in total. The van der Waals surface area contributed by atoms with Gasteiger partial charge in [-0.3, -0.25) is 9.69 Å². The lowest BCUT2D eigenvalue weighted by atomic mass is 10.1. The van der Waals surface area contributed by atoms with Crippen molar-refractivity contribution in [2.24, 2.45) is 0 Å². The maximum Gasteiger partial charge on any atom is 0.433 e. The number of fused-ring (bicyclic) bond motifs is 1. The third kappa shape index (κ3) is 4.56. The molecule has 1 aliphatic heterocycles. The minimum absolute atomic E-state index is 0.0854. The van der Waals surface area contributed by atoms with Gasteiger partial charge in [0.05, 0.1) is 11.7 Å². The van der Waals surface area contributed by atoms with E-state index in [1.807, 2.05) is 37.3 Å². The third-order valence-corrected chi connectivity index (χ3v) is 5.60. The highest BCUT2D eigenvalue weighted by atomic mass is 19.4. The van der Waals surface area contributed by atoms with Crippen LogP contribution in [0, 0.1) is 6.92 Å². The summed E-state index contributed by atoms with van der Waals surface area (Å²) in [5.41, 5.74) is 0.931. The van der Waals surface area contributed by atoms with Gasteiger partial charge >= 0.3 is 6.18 Å². The van der Waals surface area contributed by atoms with E-state index >= 15 is 0 Å². The quantitative estimate of drug-likeness (QED) is 0.641. The number of carbonyl (C=O) groups is 1. The van der Waals surface area contributed by atoms with Crippen LogP contribution in [0.4, 0.5) is 18.9 Å². The second-order valence-electron chi connectivity index (χ2n) is 7.98. The molecule has 0 aliphatic carbocycles. The molecule has 0 unspecified atom stereocenters. The largest absolute Gasteiger partial charge is 0.433 e. The second-order valence-corrected chi connectivity index (χ2v) is 7.98. The Kier molecular flexibility index (Phi) is 5.70. The molecule has 1 saturated heterocycles. The predicted octanol–water partition coefficient (Wildman–Crippen LogP) is 4.61. The standard InChI is InChI=1S/C22H24F3N5O/c1-14-11-19(22(23,24)25)30-20(26-14)13-17(28-30)18-9-6-10-29(18)15(2)12-21(31)27-16-7-4-3-5-8-16/h3-5,7-8,11,13,15,18H,6,9-10,12H2,1-2H3,(H,27,31)/t15-,18+/m0/s1. The molecule has 31 heavy (non-hydrogen) atoms. The Balaban J connectivity index is 1.54. The van der Waals surface area contributed by atoms with Crippen LogP contribution in [0.5, 0.6) is 0 Å². The number of rotatable bonds is 5. The van der Waals surface area contributed by atoms with E-state index in [1.165, 1.54) is 6.92 Å². The predicted molar refractivity (Wildman–Crippen MR) is 111 cm³/mol. The van der Waals surface area contributed by atoms with Gasteiger partial charge in [-0.2, -0.15) is 18.3 Å². The first-order valence-corrected chi connectivity index (χ1v) is 10.3. The van der Waals surface area contributed by atoms with E-state index in [0.29, 0.717) is 11.4 Å². The van der Waals surface area contributed by atoms with Gasteiger partial charge in [0.25, 0.3) is 0 Å². The lowest BCUT2D eigenvalue weighted by molar-refractivity contribution is -0.142. The van der Waals surface area contributed by atoms with Crippen LogP contribution in [0.2, 0.25) is 0 Å². The van der Waals surface area contributed by atoms with Crippen LogP contribution >= 0.6 is 0 Å². The molecule has 1 amide bonds. The minimum atomic E-state index is -4.52. The van der Waals surface area contributed by atoms with Crippen molar-refractivity contribution >= 4 is 17.2 Å². The number of hydrogen-bond acceptors (Lipinski definition) is 4. The van der Waals surface area contributed by atoms with Crippen molar-refractivity contribution in [2.45, 2.75) is 51.4 Å². The lowest BCUT2D eigenvalue weighted by Gasteiger charge is -2.29. The zero-order chi connectivity index (χ0) is 22.2. The molecule has 0 spiro atoms. The number of likely N-dealkylation sites (tertiary alicyclic amines) is 1. The molecule has 164 valence electrons. The number of nitrogens with one attached hydrogen (secondary N) is 1. The fraction of sp³-hybridized carbons (Fsp3) is 0.409.